The number of hydrogen-bond acceptors (Lipinski definition) is 1. The Morgan fingerprint density at radius 2 is 1.47 bits per heavy atom. The average Bonchev–Trinajstić information content (AvgIpc) is 3.24. The molecule has 4 nitrogen and oxygen atoms in total. The van der Waals surface area contributed by atoms with Crippen molar-refractivity contribution in [3.8, 4) is 0 Å². The van der Waals surface area contributed by atoms with E-state index in [0.29, 0.717) is 12.1 Å². The maximum atomic E-state index is 13.5. The topological polar surface area (TPSA) is 26.3 Å². The van der Waals surface area contributed by atoms with Crippen LogP contribution < -0.4 is 0 Å². The van der Waals surface area contributed by atoms with Crippen LogP contribution in [-0.2, 0) is 4.57 Å². The molecule has 0 aromatic rings. The quantitative estimate of drug-likeness (QED) is 0.558. The fourth-order valence-corrected chi connectivity index (χ4v) is 6.82. The van der Waals surface area contributed by atoms with E-state index >= 15 is 0 Å². The van der Waals surface area contributed by atoms with Crippen molar-refractivity contribution in [1.82, 2.24) is 14.0 Å². The summed E-state index contributed by atoms with van der Waals surface area (Å²) in [7, 11) is -2.33. The first-order valence-electron chi connectivity index (χ1n) is 7.11. The molecule has 0 aromatic heterocycles. The van der Waals surface area contributed by atoms with Crippen LogP contribution >= 0.6 is 7.59 Å². The summed E-state index contributed by atoms with van der Waals surface area (Å²) < 4.78 is 20.3. The zero-order valence-electron chi connectivity index (χ0n) is 11.0. The van der Waals surface area contributed by atoms with Crippen LogP contribution in [0.1, 0.15) is 39.5 Å². The largest absolute Gasteiger partial charge is 0.287 e. The molecule has 0 N–H and O–H groups in total. The Morgan fingerprint density at radius 1 is 1.00 bits per heavy atom. The molecule has 0 bridgehead atoms. The SMILES string of the molecule is CC[C@@H]1CN1P(=O)(N1CCCC1)N1C[C@@H]1CC. The van der Waals surface area contributed by atoms with Crippen LogP contribution in [-0.4, -0.2) is 52.3 Å². The van der Waals surface area contributed by atoms with E-state index in [9.17, 15) is 4.57 Å². The molecule has 0 saturated carbocycles. The first kappa shape index (κ1) is 12.2. The Hall–Kier alpha value is 0.110. The van der Waals surface area contributed by atoms with Crippen LogP contribution in [0, 0.1) is 0 Å². The zero-order valence-corrected chi connectivity index (χ0v) is 11.9. The fraction of sp³-hybridized carbons (Fsp3) is 1.00. The molecule has 98 valence electrons. The standard InChI is InChI=1S/C12H24N3OP/c1-3-11-9-14(11)17(16,13-7-5-6-8-13)15-10-12(15)4-2/h11-12H,3-10H2,1-2H3/t11-,12+,14?,15?,17?. The molecule has 0 radical (unpaired) electrons. The van der Waals surface area contributed by atoms with E-state index in [0.717, 1.165) is 39.0 Å². The van der Waals surface area contributed by atoms with Crippen molar-refractivity contribution in [2.75, 3.05) is 26.2 Å². The molecule has 3 saturated heterocycles. The molecule has 17 heavy (non-hydrogen) atoms. The van der Waals surface area contributed by atoms with Crippen LogP contribution in [0.4, 0.5) is 0 Å². The summed E-state index contributed by atoms with van der Waals surface area (Å²) in [6.07, 6.45) is 4.73. The van der Waals surface area contributed by atoms with Gasteiger partial charge in [-0.2, -0.15) is 0 Å². The number of hydrogen-bond donors (Lipinski definition) is 0. The van der Waals surface area contributed by atoms with Crippen LogP contribution in [0.25, 0.3) is 0 Å². The van der Waals surface area contributed by atoms with Gasteiger partial charge in [-0.1, -0.05) is 13.8 Å². The van der Waals surface area contributed by atoms with Crippen molar-refractivity contribution >= 4 is 7.59 Å². The highest BCUT2D eigenvalue weighted by molar-refractivity contribution is 7.57. The normalized spacial score (nSPS) is 44.6. The second-order valence-corrected chi connectivity index (χ2v) is 8.16. The summed E-state index contributed by atoms with van der Waals surface area (Å²) in [5.74, 6) is 0. The number of nitrogens with zero attached hydrogens (tertiary/aromatic N) is 3. The van der Waals surface area contributed by atoms with Crippen LogP contribution in [0.15, 0.2) is 0 Å². The molecule has 3 aliphatic heterocycles. The van der Waals surface area contributed by atoms with Crippen molar-refractivity contribution in [1.29, 1.82) is 0 Å². The Labute approximate surface area is 104 Å². The Balaban J connectivity index is 1.78. The first-order chi connectivity index (χ1) is 8.21. The highest BCUT2D eigenvalue weighted by atomic mass is 31.2. The lowest BCUT2D eigenvalue weighted by Gasteiger charge is -2.30. The van der Waals surface area contributed by atoms with Crippen molar-refractivity contribution in [3.63, 3.8) is 0 Å². The monoisotopic (exact) mass is 257 g/mol. The molecular weight excluding hydrogens is 233 g/mol. The van der Waals surface area contributed by atoms with Crippen molar-refractivity contribution in [2.24, 2.45) is 0 Å². The molecular formula is C12H24N3OP. The predicted molar refractivity (Wildman–Crippen MR) is 70.0 cm³/mol. The van der Waals surface area contributed by atoms with Gasteiger partial charge in [-0.15, -0.1) is 0 Å². The van der Waals surface area contributed by atoms with E-state index in [2.05, 4.69) is 27.9 Å². The third kappa shape index (κ3) is 1.90. The van der Waals surface area contributed by atoms with Crippen molar-refractivity contribution in [2.45, 2.75) is 51.6 Å². The third-order valence-electron chi connectivity index (χ3n) is 4.43. The highest BCUT2D eigenvalue weighted by Crippen LogP contribution is 2.67. The maximum absolute atomic E-state index is 13.5. The maximum Gasteiger partial charge on any atom is 0.287 e. The van der Waals surface area contributed by atoms with Crippen molar-refractivity contribution in [3.05, 3.63) is 0 Å². The summed E-state index contributed by atoms with van der Waals surface area (Å²) in [5, 5.41) is 0. The highest BCUT2D eigenvalue weighted by Gasteiger charge is 2.59. The van der Waals surface area contributed by atoms with E-state index in [1.807, 2.05) is 0 Å². The molecule has 3 fully saturated rings. The van der Waals surface area contributed by atoms with E-state index in [-0.39, 0.29) is 0 Å². The molecule has 3 rings (SSSR count). The molecule has 0 spiro atoms. The molecule has 3 unspecified atom stereocenters. The van der Waals surface area contributed by atoms with Crippen molar-refractivity contribution < 1.29 is 4.57 Å². The van der Waals surface area contributed by atoms with Gasteiger partial charge in [-0.05, 0) is 25.7 Å². The summed E-state index contributed by atoms with van der Waals surface area (Å²) in [4.78, 5) is 0. The van der Waals surface area contributed by atoms with Gasteiger partial charge in [-0.3, -0.25) is 4.57 Å². The van der Waals surface area contributed by atoms with Crippen LogP contribution in [0.5, 0.6) is 0 Å². The molecule has 5 heteroatoms. The first-order valence-corrected chi connectivity index (χ1v) is 8.68. The van der Waals surface area contributed by atoms with Gasteiger partial charge in [0, 0.05) is 38.3 Å². The summed E-state index contributed by atoms with van der Waals surface area (Å²) in [6.45, 7) is 8.60. The molecule has 0 amide bonds. The van der Waals surface area contributed by atoms with Crippen LogP contribution in [0.3, 0.4) is 0 Å². The molecule has 5 atom stereocenters. The number of rotatable bonds is 5. The summed E-state index contributed by atoms with van der Waals surface area (Å²) in [5.41, 5.74) is 0. The van der Waals surface area contributed by atoms with E-state index in [1.54, 1.807) is 0 Å². The van der Waals surface area contributed by atoms with E-state index < -0.39 is 7.59 Å². The smallest absolute Gasteiger partial charge is 0.270 e. The Kier molecular flexibility index (Phi) is 3.10. The fourth-order valence-electron chi connectivity index (χ4n) is 3.09. The van der Waals surface area contributed by atoms with Gasteiger partial charge >= 0.3 is 0 Å². The summed E-state index contributed by atoms with van der Waals surface area (Å²) >= 11 is 0. The lowest BCUT2D eigenvalue weighted by molar-refractivity contribution is 0.398. The van der Waals surface area contributed by atoms with Gasteiger partial charge in [0.1, 0.15) is 0 Å². The van der Waals surface area contributed by atoms with E-state index in [1.165, 1.54) is 12.8 Å². The third-order valence-corrected chi connectivity index (χ3v) is 7.89. The van der Waals surface area contributed by atoms with Crippen LogP contribution in [0.2, 0.25) is 0 Å². The van der Waals surface area contributed by atoms with Gasteiger partial charge in [0.2, 0.25) is 0 Å². The minimum atomic E-state index is -2.33. The predicted octanol–water partition coefficient (Wildman–Crippen LogP) is 2.38. The second kappa shape index (κ2) is 4.34. The molecule has 3 heterocycles. The zero-order chi connectivity index (χ0) is 12.0. The minimum absolute atomic E-state index is 0.583. The average molecular weight is 257 g/mol. The summed E-state index contributed by atoms with van der Waals surface area (Å²) in [6, 6.07) is 1.17. The Bertz CT molecular complexity index is 321. The van der Waals surface area contributed by atoms with E-state index in [4.69, 9.17) is 0 Å². The minimum Gasteiger partial charge on any atom is -0.270 e. The lowest BCUT2D eigenvalue weighted by Crippen LogP contribution is -2.26. The van der Waals surface area contributed by atoms with Gasteiger partial charge < -0.3 is 0 Å². The molecule has 3 aliphatic rings. The lowest BCUT2D eigenvalue weighted by atomic mass is 10.4. The Morgan fingerprint density at radius 3 is 1.82 bits per heavy atom. The van der Waals surface area contributed by atoms with Gasteiger partial charge in [0.25, 0.3) is 7.59 Å². The molecule has 0 aliphatic carbocycles. The molecule has 0 aromatic carbocycles. The van der Waals surface area contributed by atoms with Gasteiger partial charge in [-0.25, -0.2) is 14.0 Å². The van der Waals surface area contributed by atoms with Gasteiger partial charge in [0.15, 0.2) is 0 Å². The second-order valence-electron chi connectivity index (χ2n) is 5.54. The van der Waals surface area contributed by atoms with Gasteiger partial charge in [0.05, 0.1) is 0 Å².